The fraction of sp³-hybridized carbons (Fsp3) is 0.312. The Labute approximate surface area is 136 Å². The van der Waals surface area contributed by atoms with Gasteiger partial charge in [0, 0.05) is 37.6 Å². The van der Waals surface area contributed by atoms with Crippen LogP contribution in [-0.2, 0) is 4.79 Å². The Morgan fingerprint density at radius 3 is 2.42 bits per heavy atom. The van der Waals surface area contributed by atoms with E-state index >= 15 is 0 Å². The molecule has 2 N–H and O–H groups in total. The maximum atomic E-state index is 13.3. The van der Waals surface area contributed by atoms with E-state index in [0.29, 0.717) is 31.6 Å². The van der Waals surface area contributed by atoms with Crippen LogP contribution in [-0.4, -0.2) is 59.3 Å². The Balaban J connectivity index is 1.75. The Bertz CT molecular complexity index is 804. The van der Waals surface area contributed by atoms with E-state index in [1.807, 2.05) is 4.90 Å². The molecule has 1 aromatic heterocycles. The molecule has 0 atom stereocenters. The van der Waals surface area contributed by atoms with Crippen molar-refractivity contribution in [1.82, 2.24) is 14.8 Å². The molecule has 0 spiro atoms. The third-order valence-corrected chi connectivity index (χ3v) is 3.99. The lowest BCUT2D eigenvalue weighted by Gasteiger charge is -2.33. The molecule has 126 valence electrons. The van der Waals surface area contributed by atoms with Crippen LogP contribution in [0.5, 0.6) is 0 Å². The van der Waals surface area contributed by atoms with Gasteiger partial charge in [-0.3, -0.25) is 14.5 Å². The van der Waals surface area contributed by atoms with Gasteiger partial charge in [0.1, 0.15) is 5.69 Å². The van der Waals surface area contributed by atoms with Crippen LogP contribution in [0.2, 0.25) is 0 Å². The van der Waals surface area contributed by atoms with Gasteiger partial charge in [0.25, 0.3) is 5.91 Å². The molecule has 0 unspecified atom stereocenters. The molecule has 0 bridgehead atoms. The molecule has 2 amide bonds. The number of hydrogen-bond donors (Lipinski definition) is 1. The van der Waals surface area contributed by atoms with Crippen molar-refractivity contribution in [3.05, 3.63) is 41.6 Å². The van der Waals surface area contributed by atoms with Crippen molar-refractivity contribution in [1.29, 1.82) is 0 Å². The predicted molar refractivity (Wildman–Crippen MR) is 83.2 cm³/mol. The summed E-state index contributed by atoms with van der Waals surface area (Å²) in [6.07, 6.45) is 0. The molecular weight excluding hydrogens is 318 g/mol. The van der Waals surface area contributed by atoms with Crippen molar-refractivity contribution in [2.75, 3.05) is 32.7 Å². The number of nitrogens with zero attached hydrogens (tertiary/aromatic N) is 3. The summed E-state index contributed by atoms with van der Waals surface area (Å²) in [5.74, 6) is -2.63. The van der Waals surface area contributed by atoms with Gasteiger partial charge in [-0.1, -0.05) is 6.07 Å². The topological polar surface area (TPSA) is 79.5 Å². The number of halogens is 2. The van der Waals surface area contributed by atoms with Gasteiger partial charge in [0.2, 0.25) is 5.91 Å². The number of carbonyl (C=O) groups is 2. The molecule has 0 saturated carbocycles. The number of fused-ring (bicyclic) bond motifs is 1. The number of nitrogens with two attached hydrogens (primary N) is 1. The predicted octanol–water partition coefficient (Wildman–Crippen LogP) is 0.756. The zero-order valence-corrected chi connectivity index (χ0v) is 12.8. The molecule has 0 radical (unpaired) electrons. The van der Waals surface area contributed by atoms with E-state index in [1.165, 1.54) is 6.07 Å². The summed E-state index contributed by atoms with van der Waals surface area (Å²) >= 11 is 0. The summed E-state index contributed by atoms with van der Waals surface area (Å²) in [4.78, 5) is 31.0. The number of aromatic nitrogens is 1. The van der Waals surface area contributed by atoms with Gasteiger partial charge in [-0.2, -0.15) is 0 Å². The first-order chi connectivity index (χ1) is 11.4. The first kappa shape index (κ1) is 16.3. The monoisotopic (exact) mass is 334 g/mol. The van der Waals surface area contributed by atoms with Crippen LogP contribution in [0, 0.1) is 11.6 Å². The standard InChI is InChI=1S/C16H16F2N4O2/c17-11-7-10-1-2-13(20-14(10)8-12(11)18)16(24)22-5-3-21(4-6-22)9-15(19)23/h1-2,7-8H,3-6,9H2,(H2,19,23). The Morgan fingerprint density at radius 1 is 1.08 bits per heavy atom. The lowest BCUT2D eigenvalue weighted by molar-refractivity contribution is -0.119. The van der Waals surface area contributed by atoms with E-state index < -0.39 is 17.5 Å². The molecule has 24 heavy (non-hydrogen) atoms. The number of amides is 2. The summed E-state index contributed by atoms with van der Waals surface area (Å²) < 4.78 is 26.5. The first-order valence-electron chi connectivity index (χ1n) is 7.50. The molecule has 2 aromatic rings. The molecule has 6 nitrogen and oxygen atoms in total. The lowest BCUT2D eigenvalue weighted by Crippen LogP contribution is -2.50. The summed E-state index contributed by atoms with van der Waals surface area (Å²) in [7, 11) is 0. The molecule has 1 saturated heterocycles. The van der Waals surface area contributed by atoms with Gasteiger partial charge < -0.3 is 10.6 Å². The summed E-state index contributed by atoms with van der Waals surface area (Å²) in [5.41, 5.74) is 5.56. The number of piperazine rings is 1. The number of pyridine rings is 1. The highest BCUT2D eigenvalue weighted by atomic mass is 19.2. The van der Waals surface area contributed by atoms with E-state index in [0.717, 1.165) is 12.1 Å². The van der Waals surface area contributed by atoms with Gasteiger partial charge in [-0.05, 0) is 12.1 Å². The highest BCUT2D eigenvalue weighted by Crippen LogP contribution is 2.18. The molecule has 1 aliphatic heterocycles. The second kappa shape index (κ2) is 6.48. The van der Waals surface area contributed by atoms with Crippen molar-refractivity contribution in [2.24, 2.45) is 5.73 Å². The zero-order valence-electron chi connectivity index (χ0n) is 12.8. The normalized spacial score (nSPS) is 15.7. The van der Waals surface area contributed by atoms with Crippen molar-refractivity contribution in [3.8, 4) is 0 Å². The van der Waals surface area contributed by atoms with E-state index in [1.54, 1.807) is 11.0 Å². The van der Waals surface area contributed by atoms with Gasteiger partial charge >= 0.3 is 0 Å². The van der Waals surface area contributed by atoms with Crippen LogP contribution in [0.15, 0.2) is 24.3 Å². The van der Waals surface area contributed by atoms with E-state index in [4.69, 9.17) is 5.73 Å². The molecule has 1 fully saturated rings. The van der Waals surface area contributed by atoms with Crippen molar-refractivity contribution < 1.29 is 18.4 Å². The molecule has 8 heteroatoms. The lowest BCUT2D eigenvalue weighted by atomic mass is 10.1. The van der Waals surface area contributed by atoms with Crippen LogP contribution >= 0.6 is 0 Å². The SMILES string of the molecule is NC(=O)CN1CCN(C(=O)c2ccc3cc(F)c(F)cc3n2)CC1. The van der Waals surface area contributed by atoms with E-state index in [9.17, 15) is 18.4 Å². The maximum Gasteiger partial charge on any atom is 0.272 e. The number of benzene rings is 1. The van der Waals surface area contributed by atoms with Crippen LogP contribution in [0.1, 0.15) is 10.5 Å². The highest BCUT2D eigenvalue weighted by Gasteiger charge is 2.23. The van der Waals surface area contributed by atoms with Crippen molar-refractivity contribution in [3.63, 3.8) is 0 Å². The first-order valence-corrected chi connectivity index (χ1v) is 7.50. The van der Waals surface area contributed by atoms with Crippen molar-refractivity contribution in [2.45, 2.75) is 0 Å². The Morgan fingerprint density at radius 2 is 1.75 bits per heavy atom. The van der Waals surface area contributed by atoms with E-state index in [-0.39, 0.29) is 23.7 Å². The van der Waals surface area contributed by atoms with Gasteiger partial charge in [0.05, 0.1) is 12.1 Å². The summed E-state index contributed by atoms with van der Waals surface area (Å²) in [6, 6.07) is 5.07. The van der Waals surface area contributed by atoms with Gasteiger partial charge in [-0.15, -0.1) is 0 Å². The Hall–Kier alpha value is -2.61. The van der Waals surface area contributed by atoms with Gasteiger partial charge in [0.15, 0.2) is 11.6 Å². The highest BCUT2D eigenvalue weighted by molar-refractivity contribution is 5.95. The molecule has 1 aromatic carbocycles. The molecule has 0 aliphatic carbocycles. The molecule has 3 rings (SSSR count). The largest absolute Gasteiger partial charge is 0.369 e. The fourth-order valence-corrected chi connectivity index (χ4v) is 2.73. The maximum absolute atomic E-state index is 13.3. The average molecular weight is 334 g/mol. The summed E-state index contributed by atoms with van der Waals surface area (Å²) in [6.45, 7) is 2.15. The molecule has 1 aliphatic rings. The quantitative estimate of drug-likeness (QED) is 0.899. The second-order valence-electron chi connectivity index (χ2n) is 5.69. The minimum atomic E-state index is -1.00. The smallest absolute Gasteiger partial charge is 0.272 e. The number of primary amides is 1. The molecular formula is C16H16F2N4O2. The molecule has 2 heterocycles. The number of carbonyl (C=O) groups excluding carboxylic acids is 2. The van der Waals surface area contributed by atoms with Crippen LogP contribution < -0.4 is 5.73 Å². The third-order valence-electron chi connectivity index (χ3n) is 3.99. The number of hydrogen-bond acceptors (Lipinski definition) is 4. The van der Waals surface area contributed by atoms with E-state index in [2.05, 4.69) is 4.98 Å². The minimum Gasteiger partial charge on any atom is -0.369 e. The average Bonchev–Trinajstić information content (AvgIpc) is 2.55. The minimum absolute atomic E-state index is 0.168. The zero-order chi connectivity index (χ0) is 17.3. The summed E-state index contributed by atoms with van der Waals surface area (Å²) in [5, 5.41) is 0.428. The van der Waals surface area contributed by atoms with Crippen LogP contribution in [0.3, 0.4) is 0 Å². The third kappa shape index (κ3) is 3.33. The van der Waals surface area contributed by atoms with Crippen molar-refractivity contribution >= 4 is 22.7 Å². The van der Waals surface area contributed by atoms with Crippen LogP contribution in [0.4, 0.5) is 8.78 Å². The second-order valence-corrected chi connectivity index (χ2v) is 5.69. The van der Waals surface area contributed by atoms with Gasteiger partial charge in [-0.25, -0.2) is 13.8 Å². The van der Waals surface area contributed by atoms with Crippen LogP contribution in [0.25, 0.3) is 10.9 Å². The fourth-order valence-electron chi connectivity index (χ4n) is 2.73. The number of rotatable bonds is 3. The Kier molecular flexibility index (Phi) is 4.39.